The lowest BCUT2D eigenvalue weighted by Gasteiger charge is -2.14. The zero-order chi connectivity index (χ0) is 16.4. The third-order valence-corrected chi connectivity index (χ3v) is 3.31. The van der Waals surface area contributed by atoms with Crippen molar-refractivity contribution in [3.8, 4) is 0 Å². The van der Waals surface area contributed by atoms with Crippen LogP contribution in [-0.2, 0) is 12.6 Å². The van der Waals surface area contributed by atoms with Crippen molar-refractivity contribution in [3.05, 3.63) is 42.1 Å². The highest BCUT2D eigenvalue weighted by molar-refractivity contribution is 5.44. The third-order valence-electron chi connectivity index (χ3n) is 3.31. The van der Waals surface area contributed by atoms with Gasteiger partial charge in [-0.05, 0) is 37.6 Å². The molecule has 0 amide bonds. The first kappa shape index (κ1) is 15.3. The molecule has 3 heterocycles. The van der Waals surface area contributed by atoms with Gasteiger partial charge in [-0.3, -0.25) is 0 Å². The van der Waals surface area contributed by atoms with Crippen LogP contribution in [0.5, 0.6) is 0 Å². The summed E-state index contributed by atoms with van der Waals surface area (Å²) in [7, 11) is 0. The molecule has 1 atom stereocenters. The van der Waals surface area contributed by atoms with Crippen LogP contribution in [0.2, 0.25) is 0 Å². The first-order valence-corrected chi connectivity index (χ1v) is 7.02. The normalized spacial score (nSPS) is 13.4. The van der Waals surface area contributed by atoms with E-state index in [1.165, 1.54) is 6.07 Å². The fourth-order valence-electron chi connectivity index (χ4n) is 2.18. The van der Waals surface area contributed by atoms with Gasteiger partial charge < -0.3 is 9.73 Å². The Bertz CT molecular complexity index is 781. The first-order chi connectivity index (χ1) is 10.9. The Morgan fingerprint density at radius 1 is 1.26 bits per heavy atom. The number of halogens is 3. The van der Waals surface area contributed by atoms with Crippen molar-refractivity contribution < 1.29 is 17.6 Å². The van der Waals surface area contributed by atoms with Crippen molar-refractivity contribution in [3.63, 3.8) is 0 Å². The van der Waals surface area contributed by atoms with E-state index in [-0.39, 0.29) is 11.7 Å². The van der Waals surface area contributed by atoms with Gasteiger partial charge in [0.05, 0.1) is 6.26 Å². The van der Waals surface area contributed by atoms with Gasteiger partial charge in [0.25, 0.3) is 5.82 Å². The molecule has 0 aliphatic carbocycles. The minimum Gasteiger partial charge on any atom is -0.469 e. The second-order valence-corrected chi connectivity index (χ2v) is 5.17. The number of aromatic nitrogens is 4. The summed E-state index contributed by atoms with van der Waals surface area (Å²) in [6.45, 7) is 1.92. The minimum atomic E-state index is -4.60. The van der Waals surface area contributed by atoms with E-state index in [0.717, 1.165) is 18.6 Å². The van der Waals surface area contributed by atoms with Gasteiger partial charge in [0, 0.05) is 12.5 Å². The number of aryl methyl sites for hydroxylation is 1. The molecule has 0 bridgehead atoms. The monoisotopic (exact) mass is 325 g/mol. The molecule has 3 aromatic heterocycles. The third kappa shape index (κ3) is 3.43. The molecule has 23 heavy (non-hydrogen) atoms. The molecule has 0 aliphatic heterocycles. The molecule has 0 saturated carbocycles. The fraction of sp³-hybridized carbons (Fsp3) is 0.357. The smallest absolute Gasteiger partial charge is 0.453 e. The predicted octanol–water partition coefficient (Wildman–Crippen LogP) is 3.17. The second-order valence-electron chi connectivity index (χ2n) is 5.17. The number of rotatable bonds is 5. The average molecular weight is 325 g/mol. The molecule has 3 aromatic rings. The van der Waals surface area contributed by atoms with E-state index < -0.39 is 12.0 Å². The van der Waals surface area contributed by atoms with E-state index in [0.29, 0.717) is 10.3 Å². The Hall–Kier alpha value is -2.58. The number of furan rings is 1. The van der Waals surface area contributed by atoms with Crippen LogP contribution in [-0.4, -0.2) is 25.9 Å². The van der Waals surface area contributed by atoms with E-state index in [1.54, 1.807) is 12.3 Å². The van der Waals surface area contributed by atoms with E-state index >= 15 is 0 Å². The largest absolute Gasteiger partial charge is 0.469 e. The lowest BCUT2D eigenvalue weighted by molar-refractivity contribution is -0.146. The van der Waals surface area contributed by atoms with Crippen LogP contribution in [0.3, 0.4) is 0 Å². The van der Waals surface area contributed by atoms with E-state index in [2.05, 4.69) is 20.6 Å². The van der Waals surface area contributed by atoms with Crippen LogP contribution in [0.1, 0.15) is 24.9 Å². The predicted molar refractivity (Wildman–Crippen MR) is 75.9 cm³/mol. The van der Waals surface area contributed by atoms with Crippen LogP contribution >= 0.6 is 0 Å². The molecule has 122 valence electrons. The standard InChI is InChI=1S/C14H14F3N5O/c1-9(4-5-10-3-2-8-23-10)18-11-6-7-12-19-20-13(14(15,16)17)22(12)21-11/h2-3,6-9H,4-5H2,1H3,(H,18,21)/t9-/m1/s1. The summed E-state index contributed by atoms with van der Waals surface area (Å²) in [5.74, 6) is 0.0503. The number of nitrogens with zero attached hydrogens (tertiary/aromatic N) is 4. The minimum absolute atomic E-state index is 0.0101. The number of hydrogen-bond acceptors (Lipinski definition) is 5. The summed E-state index contributed by atoms with van der Waals surface area (Å²) in [6, 6.07) is 6.72. The molecule has 1 N–H and O–H groups in total. The van der Waals surface area contributed by atoms with Gasteiger partial charge in [-0.2, -0.15) is 17.7 Å². The maximum atomic E-state index is 12.8. The summed E-state index contributed by atoms with van der Waals surface area (Å²) in [6.07, 6.45) is -1.52. The van der Waals surface area contributed by atoms with Crippen LogP contribution in [0.15, 0.2) is 34.9 Å². The molecule has 0 spiro atoms. The maximum Gasteiger partial charge on any atom is 0.453 e. The van der Waals surface area contributed by atoms with Gasteiger partial charge in [-0.1, -0.05) is 0 Å². The highest BCUT2D eigenvalue weighted by Gasteiger charge is 2.37. The van der Waals surface area contributed by atoms with Crippen LogP contribution < -0.4 is 5.32 Å². The van der Waals surface area contributed by atoms with Crippen molar-refractivity contribution in [2.24, 2.45) is 0 Å². The number of nitrogens with one attached hydrogen (secondary N) is 1. The summed E-state index contributed by atoms with van der Waals surface area (Å²) < 4.78 is 44.4. The van der Waals surface area contributed by atoms with Crippen molar-refractivity contribution >= 4 is 11.5 Å². The quantitative estimate of drug-likeness (QED) is 0.780. The second kappa shape index (κ2) is 5.90. The van der Waals surface area contributed by atoms with Gasteiger partial charge in [0.2, 0.25) is 0 Å². The Labute approximate surface area is 129 Å². The highest BCUT2D eigenvalue weighted by atomic mass is 19.4. The molecule has 0 aliphatic rings. The number of alkyl halides is 3. The maximum absolute atomic E-state index is 12.8. The molecule has 0 fully saturated rings. The van der Waals surface area contributed by atoms with Gasteiger partial charge in [-0.15, -0.1) is 15.3 Å². The molecule has 0 unspecified atom stereocenters. The summed E-state index contributed by atoms with van der Waals surface area (Å²) >= 11 is 0. The van der Waals surface area contributed by atoms with Crippen LogP contribution in [0.4, 0.5) is 19.0 Å². The molecule has 3 rings (SSSR count). The lowest BCUT2D eigenvalue weighted by atomic mass is 10.1. The zero-order valence-corrected chi connectivity index (χ0v) is 12.2. The molecule has 0 saturated heterocycles. The van der Waals surface area contributed by atoms with E-state index in [1.807, 2.05) is 19.1 Å². The van der Waals surface area contributed by atoms with Gasteiger partial charge >= 0.3 is 6.18 Å². The highest BCUT2D eigenvalue weighted by Crippen LogP contribution is 2.27. The number of hydrogen-bond donors (Lipinski definition) is 1. The van der Waals surface area contributed by atoms with Gasteiger partial charge in [0.1, 0.15) is 11.6 Å². The van der Waals surface area contributed by atoms with Crippen LogP contribution in [0, 0.1) is 0 Å². The van der Waals surface area contributed by atoms with E-state index in [9.17, 15) is 13.2 Å². The SMILES string of the molecule is C[C@H](CCc1ccco1)Nc1ccc2nnc(C(F)(F)F)n2n1. The molecular weight excluding hydrogens is 311 g/mol. The summed E-state index contributed by atoms with van der Waals surface area (Å²) in [5, 5.41) is 13.6. The Balaban J connectivity index is 1.72. The molecule has 6 nitrogen and oxygen atoms in total. The van der Waals surface area contributed by atoms with Gasteiger partial charge in [0.15, 0.2) is 5.65 Å². The Morgan fingerprint density at radius 3 is 2.78 bits per heavy atom. The topological polar surface area (TPSA) is 68.2 Å². The summed E-state index contributed by atoms with van der Waals surface area (Å²) in [4.78, 5) is 0. The molecule has 0 aromatic carbocycles. The van der Waals surface area contributed by atoms with Crippen molar-refractivity contribution in [1.82, 2.24) is 19.8 Å². The molecule has 0 radical (unpaired) electrons. The zero-order valence-electron chi connectivity index (χ0n) is 12.2. The summed E-state index contributed by atoms with van der Waals surface area (Å²) in [5.41, 5.74) is 0.0473. The number of anilines is 1. The van der Waals surface area contributed by atoms with Gasteiger partial charge in [-0.25, -0.2) is 0 Å². The first-order valence-electron chi connectivity index (χ1n) is 7.02. The fourth-order valence-corrected chi connectivity index (χ4v) is 2.18. The van der Waals surface area contributed by atoms with Crippen molar-refractivity contribution in [1.29, 1.82) is 0 Å². The number of fused-ring (bicyclic) bond motifs is 1. The van der Waals surface area contributed by atoms with Crippen LogP contribution in [0.25, 0.3) is 5.65 Å². The Morgan fingerprint density at radius 2 is 2.09 bits per heavy atom. The Kier molecular flexibility index (Phi) is 3.93. The van der Waals surface area contributed by atoms with Crippen molar-refractivity contribution in [2.75, 3.05) is 5.32 Å². The van der Waals surface area contributed by atoms with Crippen molar-refractivity contribution in [2.45, 2.75) is 32.0 Å². The molecular formula is C14H14F3N5O. The lowest BCUT2D eigenvalue weighted by Crippen LogP contribution is -2.18. The molecule has 9 heteroatoms. The van der Waals surface area contributed by atoms with E-state index in [4.69, 9.17) is 4.42 Å². The average Bonchev–Trinajstić information content (AvgIpc) is 3.13.